The standard InChI is InChI=1S/C15H20N4O/c1-11-5-6-16-9-12(11)10-18-13-14(20)19(8-7-17-13)15(2,3)4/h5-9H,10H2,1-4H3,(H,17,18). The number of nitrogens with one attached hydrogen (secondary N) is 1. The summed E-state index contributed by atoms with van der Waals surface area (Å²) >= 11 is 0. The van der Waals surface area contributed by atoms with Crippen LogP contribution in [0.15, 0.2) is 35.6 Å². The van der Waals surface area contributed by atoms with Crippen LogP contribution in [-0.4, -0.2) is 14.5 Å². The van der Waals surface area contributed by atoms with E-state index in [1.807, 2.05) is 33.8 Å². The Kier molecular flexibility index (Phi) is 3.88. The monoisotopic (exact) mass is 272 g/mol. The Balaban J connectivity index is 2.23. The molecule has 5 nitrogen and oxygen atoms in total. The van der Waals surface area contributed by atoms with Crippen molar-refractivity contribution < 1.29 is 0 Å². The Morgan fingerprint density at radius 2 is 2.05 bits per heavy atom. The van der Waals surface area contributed by atoms with E-state index in [1.54, 1.807) is 29.4 Å². The molecule has 2 rings (SSSR count). The Hall–Kier alpha value is -2.17. The number of hydrogen-bond acceptors (Lipinski definition) is 4. The van der Waals surface area contributed by atoms with Crippen molar-refractivity contribution in [3.8, 4) is 0 Å². The van der Waals surface area contributed by atoms with Crippen molar-refractivity contribution in [1.82, 2.24) is 14.5 Å². The molecular formula is C15H20N4O. The van der Waals surface area contributed by atoms with E-state index in [0.29, 0.717) is 12.4 Å². The summed E-state index contributed by atoms with van der Waals surface area (Å²) in [7, 11) is 0. The van der Waals surface area contributed by atoms with Gasteiger partial charge in [-0.15, -0.1) is 0 Å². The highest BCUT2D eigenvalue weighted by Crippen LogP contribution is 2.11. The van der Waals surface area contributed by atoms with Gasteiger partial charge in [-0.3, -0.25) is 9.78 Å². The van der Waals surface area contributed by atoms with E-state index in [1.165, 1.54) is 0 Å². The Bertz CT molecular complexity index is 655. The van der Waals surface area contributed by atoms with Gasteiger partial charge < -0.3 is 9.88 Å². The van der Waals surface area contributed by atoms with Crippen molar-refractivity contribution in [2.24, 2.45) is 0 Å². The molecule has 2 aromatic rings. The molecule has 2 heterocycles. The van der Waals surface area contributed by atoms with Gasteiger partial charge in [0.1, 0.15) is 0 Å². The quantitative estimate of drug-likeness (QED) is 0.931. The molecule has 0 aliphatic rings. The van der Waals surface area contributed by atoms with E-state index in [0.717, 1.165) is 11.1 Å². The molecular weight excluding hydrogens is 252 g/mol. The molecule has 0 bridgehead atoms. The maximum Gasteiger partial charge on any atom is 0.293 e. The van der Waals surface area contributed by atoms with Gasteiger partial charge in [0.25, 0.3) is 5.56 Å². The number of aromatic nitrogens is 3. The predicted octanol–water partition coefficient (Wildman–Crippen LogP) is 2.31. The number of rotatable bonds is 3. The summed E-state index contributed by atoms with van der Waals surface area (Å²) in [4.78, 5) is 20.6. The van der Waals surface area contributed by atoms with Gasteiger partial charge in [-0.2, -0.15) is 0 Å². The highest BCUT2D eigenvalue weighted by atomic mass is 16.1. The first-order valence-corrected chi connectivity index (χ1v) is 6.61. The van der Waals surface area contributed by atoms with Crippen molar-refractivity contribution in [3.05, 3.63) is 52.3 Å². The lowest BCUT2D eigenvalue weighted by Gasteiger charge is -2.22. The number of anilines is 1. The molecule has 2 aromatic heterocycles. The molecule has 20 heavy (non-hydrogen) atoms. The van der Waals surface area contributed by atoms with E-state index < -0.39 is 0 Å². The first-order chi connectivity index (χ1) is 9.39. The fraction of sp³-hybridized carbons (Fsp3) is 0.400. The summed E-state index contributed by atoms with van der Waals surface area (Å²) in [5.74, 6) is 0.366. The fourth-order valence-corrected chi connectivity index (χ4v) is 1.92. The van der Waals surface area contributed by atoms with Crippen molar-refractivity contribution >= 4 is 5.82 Å². The maximum absolute atomic E-state index is 12.3. The number of hydrogen-bond donors (Lipinski definition) is 1. The van der Waals surface area contributed by atoms with Crippen LogP contribution in [0.25, 0.3) is 0 Å². The zero-order valence-corrected chi connectivity index (χ0v) is 12.3. The van der Waals surface area contributed by atoms with Crippen LogP contribution in [0.1, 0.15) is 31.9 Å². The molecule has 0 saturated carbocycles. The van der Waals surface area contributed by atoms with Crippen molar-refractivity contribution in [1.29, 1.82) is 0 Å². The Morgan fingerprint density at radius 1 is 1.30 bits per heavy atom. The first-order valence-electron chi connectivity index (χ1n) is 6.61. The van der Waals surface area contributed by atoms with Gasteiger partial charge in [0, 0.05) is 36.9 Å². The largest absolute Gasteiger partial charge is 0.361 e. The van der Waals surface area contributed by atoms with E-state index in [2.05, 4.69) is 15.3 Å². The van der Waals surface area contributed by atoms with Crippen LogP contribution in [0.3, 0.4) is 0 Å². The van der Waals surface area contributed by atoms with Gasteiger partial charge in [-0.05, 0) is 44.9 Å². The van der Waals surface area contributed by atoms with Crippen molar-refractivity contribution in [2.75, 3.05) is 5.32 Å². The minimum absolute atomic E-state index is 0.110. The molecule has 0 aromatic carbocycles. The summed E-state index contributed by atoms with van der Waals surface area (Å²) in [6.45, 7) is 8.52. The van der Waals surface area contributed by atoms with Gasteiger partial charge in [-0.25, -0.2) is 4.98 Å². The zero-order chi connectivity index (χ0) is 14.8. The van der Waals surface area contributed by atoms with Crippen LogP contribution in [0.2, 0.25) is 0 Å². The van der Waals surface area contributed by atoms with Crippen LogP contribution in [0, 0.1) is 6.92 Å². The lowest BCUT2D eigenvalue weighted by atomic mass is 10.1. The molecule has 0 radical (unpaired) electrons. The smallest absolute Gasteiger partial charge is 0.293 e. The number of pyridine rings is 1. The third-order valence-corrected chi connectivity index (χ3v) is 3.16. The molecule has 106 valence electrons. The summed E-state index contributed by atoms with van der Waals surface area (Å²) in [6, 6.07) is 1.95. The number of aryl methyl sites for hydroxylation is 1. The van der Waals surface area contributed by atoms with Gasteiger partial charge in [-0.1, -0.05) is 0 Å². The summed E-state index contributed by atoms with van der Waals surface area (Å²) in [5.41, 5.74) is 1.82. The van der Waals surface area contributed by atoms with Gasteiger partial charge in [0.05, 0.1) is 0 Å². The van der Waals surface area contributed by atoms with Crippen LogP contribution >= 0.6 is 0 Å². The average Bonchev–Trinajstić information content (AvgIpc) is 2.38. The fourth-order valence-electron chi connectivity index (χ4n) is 1.92. The molecule has 0 aliphatic carbocycles. The molecule has 0 spiro atoms. The predicted molar refractivity (Wildman–Crippen MR) is 79.8 cm³/mol. The second-order valence-corrected chi connectivity index (χ2v) is 5.78. The van der Waals surface area contributed by atoms with Crippen molar-refractivity contribution in [3.63, 3.8) is 0 Å². The highest BCUT2D eigenvalue weighted by molar-refractivity contribution is 5.34. The van der Waals surface area contributed by atoms with Crippen LogP contribution < -0.4 is 10.9 Å². The van der Waals surface area contributed by atoms with Crippen LogP contribution in [-0.2, 0) is 12.1 Å². The molecule has 5 heteroatoms. The number of nitrogens with zero attached hydrogens (tertiary/aromatic N) is 3. The van der Waals surface area contributed by atoms with E-state index in [4.69, 9.17) is 0 Å². The summed E-state index contributed by atoms with van der Waals surface area (Å²) in [5, 5.41) is 3.10. The molecule has 0 fully saturated rings. The maximum atomic E-state index is 12.3. The molecule has 0 atom stereocenters. The molecule has 0 unspecified atom stereocenters. The Labute approximate surface area is 118 Å². The summed E-state index contributed by atoms with van der Waals surface area (Å²) in [6.07, 6.45) is 6.91. The second-order valence-electron chi connectivity index (χ2n) is 5.78. The van der Waals surface area contributed by atoms with Gasteiger partial charge in [0.15, 0.2) is 5.82 Å². The summed E-state index contributed by atoms with van der Waals surface area (Å²) < 4.78 is 1.68. The topological polar surface area (TPSA) is 59.8 Å². The van der Waals surface area contributed by atoms with Crippen molar-refractivity contribution in [2.45, 2.75) is 39.8 Å². The third-order valence-electron chi connectivity index (χ3n) is 3.16. The normalized spacial score (nSPS) is 11.4. The van der Waals surface area contributed by atoms with Gasteiger partial charge in [0.2, 0.25) is 0 Å². The van der Waals surface area contributed by atoms with E-state index >= 15 is 0 Å². The van der Waals surface area contributed by atoms with Crippen LogP contribution in [0.5, 0.6) is 0 Å². The first kappa shape index (κ1) is 14.2. The van der Waals surface area contributed by atoms with Crippen LogP contribution in [0.4, 0.5) is 5.82 Å². The van der Waals surface area contributed by atoms with Gasteiger partial charge >= 0.3 is 0 Å². The minimum Gasteiger partial charge on any atom is -0.361 e. The molecule has 0 amide bonds. The highest BCUT2D eigenvalue weighted by Gasteiger charge is 2.16. The SMILES string of the molecule is Cc1ccncc1CNc1nccn(C(C)(C)C)c1=O. The zero-order valence-electron chi connectivity index (χ0n) is 12.3. The van der Waals surface area contributed by atoms with E-state index in [9.17, 15) is 4.79 Å². The minimum atomic E-state index is -0.263. The lowest BCUT2D eigenvalue weighted by molar-refractivity contribution is 0.383. The molecule has 0 aliphatic heterocycles. The second kappa shape index (κ2) is 5.45. The lowest BCUT2D eigenvalue weighted by Crippen LogP contribution is -2.35. The molecule has 1 N–H and O–H groups in total. The third kappa shape index (κ3) is 3.04. The average molecular weight is 272 g/mol. The van der Waals surface area contributed by atoms with E-state index in [-0.39, 0.29) is 11.1 Å². The Morgan fingerprint density at radius 3 is 2.70 bits per heavy atom. The molecule has 0 saturated heterocycles.